The maximum absolute atomic E-state index is 8.67. The highest BCUT2D eigenvalue weighted by Crippen LogP contribution is 2.23. The Labute approximate surface area is 57.7 Å². The highest BCUT2D eigenvalue weighted by atomic mass is 32.1. The molecule has 3 heteroatoms. The van der Waals surface area contributed by atoms with Crippen molar-refractivity contribution in [3.8, 4) is 5.75 Å². The van der Waals surface area contributed by atoms with Crippen molar-refractivity contribution in [1.29, 1.82) is 0 Å². The summed E-state index contributed by atoms with van der Waals surface area (Å²) < 4.78 is 4.93. The van der Waals surface area contributed by atoms with Crippen LogP contribution in [0.4, 0.5) is 0 Å². The van der Waals surface area contributed by atoms with E-state index in [0.29, 0.717) is 0 Å². The van der Waals surface area contributed by atoms with E-state index in [-0.39, 0.29) is 6.61 Å². The monoisotopic (exact) mass is 144 g/mol. The van der Waals surface area contributed by atoms with E-state index < -0.39 is 0 Å². The molecule has 0 aliphatic rings. The van der Waals surface area contributed by atoms with Gasteiger partial charge in [0, 0.05) is 0 Å². The lowest BCUT2D eigenvalue weighted by Gasteiger charge is -1.95. The first-order valence-corrected chi connectivity index (χ1v) is 3.47. The second kappa shape index (κ2) is 2.85. The molecule has 0 saturated carbocycles. The van der Waals surface area contributed by atoms with Crippen LogP contribution in [0.25, 0.3) is 0 Å². The van der Waals surface area contributed by atoms with Crippen LogP contribution in [0.2, 0.25) is 0 Å². The molecule has 50 valence electrons. The van der Waals surface area contributed by atoms with Crippen molar-refractivity contribution < 1.29 is 9.84 Å². The molecule has 1 aromatic rings. The van der Waals surface area contributed by atoms with Crippen molar-refractivity contribution in [1.82, 2.24) is 0 Å². The summed E-state index contributed by atoms with van der Waals surface area (Å²) in [4.78, 5) is 0.887. The first-order chi connectivity index (χ1) is 4.38. The van der Waals surface area contributed by atoms with Gasteiger partial charge >= 0.3 is 0 Å². The van der Waals surface area contributed by atoms with Crippen LogP contribution in [0.1, 0.15) is 4.88 Å². The minimum Gasteiger partial charge on any atom is -0.496 e. The molecule has 1 N–H and O–H groups in total. The Kier molecular flexibility index (Phi) is 2.08. The zero-order valence-corrected chi connectivity index (χ0v) is 5.94. The Morgan fingerprint density at radius 1 is 1.78 bits per heavy atom. The van der Waals surface area contributed by atoms with Crippen LogP contribution in [-0.4, -0.2) is 12.2 Å². The molecule has 0 aliphatic heterocycles. The first-order valence-electron chi connectivity index (χ1n) is 2.59. The van der Waals surface area contributed by atoms with E-state index in [1.807, 2.05) is 11.4 Å². The lowest BCUT2D eigenvalue weighted by molar-refractivity contribution is 0.278. The number of hydrogen-bond donors (Lipinski definition) is 1. The van der Waals surface area contributed by atoms with Gasteiger partial charge in [0.2, 0.25) is 0 Å². The first kappa shape index (κ1) is 6.58. The fourth-order valence-corrected chi connectivity index (χ4v) is 1.32. The van der Waals surface area contributed by atoms with Crippen molar-refractivity contribution in [3.05, 3.63) is 16.3 Å². The second-order valence-corrected chi connectivity index (χ2v) is 2.57. The van der Waals surface area contributed by atoms with Crippen molar-refractivity contribution in [2.24, 2.45) is 0 Å². The average Bonchev–Trinajstić information content (AvgIpc) is 2.33. The standard InChI is InChI=1S/C6H8O2S/c1-8-5-2-3-9-6(5)4-7/h2-3,7H,4H2,1H3. The smallest absolute Gasteiger partial charge is 0.135 e. The van der Waals surface area contributed by atoms with Crippen LogP contribution in [-0.2, 0) is 6.61 Å². The predicted molar refractivity (Wildman–Crippen MR) is 36.8 cm³/mol. The molecule has 0 unspecified atom stereocenters. The van der Waals surface area contributed by atoms with E-state index in [1.54, 1.807) is 7.11 Å². The summed E-state index contributed by atoms with van der Waals surface area (Å²) >= 11 is 1.50. The maximum Gasteiger partial charge on any atom is 0.135 e. The third-order valence-corrected chi connectivity index (χ3v) is 1.96. The number of aliphatic hydroxyl groups is 1. The van der Waals surface area contributed by atoms with E-state index in [1.165, 1.54) is 11.3 Å². The van der Waals surface area contributed by atoms with E-state index >= 15 is 0 Å². The Hall–Kier alpha value is -0.540. The number of aliphatic hydroxyl groups excluding tert-OH is 1. The Bertz CT molecular complexity index is 164. The van der Waals surface area contributed by atoms with Gasteiger partial charge in [0.25, 0.3) is 0 Å². The molecular formula is C6H8O2S. The van der Waals surface area contributed by atoms with E-state index in [4.69, 9.17) is 9.84 Å². The lowest BCUT2D eigenvalue weighted by atomic mass is 10.4. The molecule has 1 heterocycles. The topological polar surface area (TPSA) is 29.5 Å². The zero-order chi connectivity index (χ0) is 6.69. The van der Waals surface area contributed by atoms with Gasteiger partial charge in [-0.05, 0) is 11.4 Å². The van der Waals surface area contributed by atoms with Crippen LogP contribution in [0, 0.1) is 0 Å². The molecule has 0 amide bonds. The zero-order valence-electron chi connectivity index (χ0n) is 5.13. The fourth-order valence-electron chi connectivity index (χ4n) is 0.626. The van der Waals surface area contributed by atoms with E-state index in [0.717, 1.165) is 10.6 Å². The quantitative estimate of drug-likeness (QED) is 0.677. The number of hydrogen-bond acceptors (Lipinski definition) is 3. The van der Waals surface area contributed by atoms with Gasteiger partial charge in [-0.25, -0.2) is 0 Å². The van der Waals surface area contributed by atoms with Gasteiger partial charge in [-0.15, -0.1) is 11.3 Å². The van der Waals surface area contributed by atoms with Crippen molar-refractivity contribution in [2.45, 2.75) is 6.61 Å². The predicted octanol–water partition coefficient (Wildman–Crippen LogP) is 1.25. The Morgan fingerprint density at radius 2 is 2.56 bits per heavy atom. The van der Waals surface area contributed by atoms with Crippen LogP contribution >= 0.6 is 11.3 Å². The fraction of sp³-hybridized carbons (Fsp3) is 0.333. The van der Waals surface area contributed by atoms with Gasteiger partial charge < -0.3 is 9.84 Å². The van der Waals surface area contributed by atoms with Crippen molar-refractivity contribution in [3.63, 3.8) is 0 Å². The lowest BCUT2D eigenvalue weighted by Crippen LogP contribution is -1.84. The summed E-state index contributed by atoms with van der Waals surface area (Å²) in [7, 11) is 1.60. The molecule has 0 aliphatic carbocycles. The molecule has 0 saturated heterocycles. The van der Waals surface area contributed by atoms with Gasteiger partial charge in [-0.3, -0.25) is 0 Å². The minimum atomic E-state index is 0.0703. The van der Waals surface area contributed by atoms with E-state index in [2.05, 4.69) is 0 Å². The highest BCUT2D eigenvalue weighted by molar-refractivity contribution is 7.10. The molecule has 1 aromatic heterocycles. The second-order valence-electron chi connectivity index (χ2n) is 1.57. The van der Waals surface area contributed by atoms with Crippen LogP contribution in [0.15, 0.2) is 11.4 Å². The van der Waals surface area contributed by atoms with E-state index in [9.17, 15) is 0 Å². The maximum atomic E-state index is 8.67. The Morgan fingerprint density at radius 3 is 3.00 bits per heavy atom. The van der Waals surface area contributed by atoms with Crippen LogP contribution < -0.4 is 4.74 Å². The third kappa shape index (κ3) is 1.23. The number of rotatable bonds is 2. The summed E-state index contributed by atoms with van der Waals surface area (Å²) in [5, 5.41) is 10.6. The van der Waals surface area contributed by atoms with Crippen LogP contribution in [0.5, 0.6) is 5.75 Å². The molecule has 0 aromatic carbocycles. The number of methoxy groups -OCH3 is 1. The summed E-state index contributed by atoms with van der Waals surface area (Å²) in [6.07, 6.45) is 0. The summed E-state index contributed by atoms with van der Waals surface area (Å²) in [6.45, 7) is 0.0703. The largest absolute Gasteiger partial charge is 0.496 e. The summed E-state index contributed by atoms with van der Waals surface area (Å²) in [5.74, 6) is 0.780. The molecule has 0 spiro atoms. The highest BCUT2D eigenvalue weighted by Gasteiger charge is 1.99. The summed E-state index contributed by atoms with van der Waals surface area (Å²) in [5.41, 5.74) is 0. The Balaban J connectivity index is 2.85. The van der Waals surface area contributed by atoms with Gasteiger partial charge in [0.1, 0.15) is 5.75 Å². The third-order valence-electron chi connectivity index (χ3n) is 1.07. The van der Waals surface area contributed by atoms with Crippen LogP contribution in [0.3, 0.4) is 0 Å². The molecule has 0 bridgehead atoms. The van der Waals surface area contributed by atoms with Gasteiger partial charge in [0.05, 0.1) is 18.6 Å². The minimum absolute atomic E-state index is 0.0703. The van der Waals surface area contributed by atoms with Crippen molar-refractivity contribution >= 4 is 11.3 Å². The normalized spacial score (nSPS) is 9.56. The number of thiophene rings is 1. The summed E-state index contributed by atoms with van der Waals surface area (Å²) in [6, 6.07) is 1.84. The van der Waals surface area contributed by atoms with Gasteiger partial charge in [0.15, 0.2) is 0 Å². The molecule has 2 nitrogen and oxygen atoms in total. The van der Waals surface area contributed by atoms with Gasteiger partial charge in [-0.2, -0.15) is 0 Å². The number of ether oxygens (including phenoxy) is 1. The molecular weight excluding hydrogens is 136 g/mol. The molecule has 0 fully saturated rings. The molecule has 0 atom stereocenters. The van der Waals surface area contributed by atoms with Gasteiger partial charge in [-0.1, -0.05) is 0 Å². The molecule has 9 heavy (non-hydrogen) atoms. The SMILES string of the molecule is COc1ccsc1CO. The molecule has 0 radical (unpaired) electrons. The molecule has 1 rings (SSSR count). The van der Waals surface area contributed by atoms with Crippen molar-refractivity contribution in [2.75, 3.05) is 7.11 Å². The average molecular weight is 144 g/mol.